The van der Waals surface area contributed by atoms with Gasteiger partial charge in [0.05, 0.1) is 65.3 Å². The molecule has 0 radical (unpaired) electrons. The van der Waals surface area contributed by atoms with Crippen LogP contribution in [0.5, 0.6) is 17.2 Å². The molecular formula is C44H50N2O11. The van der Waals surface area contributed by atoms with Crippen LogP contribution < -0.4 is 14.2 Å². The summed E-state index contributed by atoms with van der Waals surface area (Å²) in [4.78, 5) is 19.8. The van der Waals surface area contributed by atoms with Gasteiger partial charge in [-0.15, -0.1) is 0 Å². The fraction of sp³-hybridized carbons (Fsp3) is 0.341. The molecule has 0 saturated carbocycles. The predicted octanol–water partition coefficient (Wildman–Crippen LogP) is 7.28. The lowest BCUT2D eigenvalue weighted by molar-refractivity contribution is -0.497. The summed E-state index contributed by atoms with van der Waals surface area (Å²) in [5, 5.41) is 30.0. The summed E-state index contributed by atoms with van der Waals surface area (Å²) in [6.07, 6.45) is -0.292. The van der Waals surface area contributed by atoms with E-state index in [1.807, 2.05) is 78.9 Å². The predicted molar refractivity (Wildman–Crippen MR) is 210 cm³/mol. The molecule has 13 heteroatoms. The second-order valence-corrected chi connectivity index (χ2v) is 13.8. The molecule has 1 heterocycles. The van der Waals surface area contributed by atoms with Crippen molar-refractivity contribution in [3.63, 3.8) is 0 Å². The van der Waals surface area contributed by atoms with Crippen molar-refractivity contribution in [3.8, 4) is 17.2 Å². The lowest BCUT2D eigenvalue weighted by Crippen LogP contribution is -2.52. The molecular weight excluding hydrogens is 732 g/mol. The molecule has 1 fully saturated rings. The van der Waals surface area contributed by atoms with Gasteiger partial charge in [0.2, 0.25) is 0 Å². The van der Waals surface area contributed by atoms with Crippen LogP contribution in [0.25, 0.3) is 10.8 Å². The zero-order valence-electron chi connectivity index (χ0n) is 32.2. The summed E-state index contributed by atoms with van der Waals surface area (Å²) in [7, 11) is 3.29. The molecule has 0 aliphatic carbocycles. The summed E-state index contributed by atoms with van der Waals surface area (Å²) in [5.74, 6) is 1.69. The van der Waals surface area contributed by atoms with Crippen molar-refractivity contribution < 1.29 is 53.6 Å². The number of piperidine rings is 1. The third-order valence-electron chi connectivity index (χ3n) is 9.97. The number of likely N-dealkylation sites (tertiary alicyclic amines) is 1. The SMILES string of the molecule is COc1ccccc1COCCCOc1ccc(C2C(CO)CN(C(=O)OCc3ccc(CON(O)O)cc3)CC2OCc2cc(OC)c3ccccc3c2)cc1. The molecule has 1 saturated heterocycles. The molecule has 3 N–H and O–H groups in total. The van der Waals surface area contributed by atoms with Crippen molar-refractivity contribution in [1.82, 2.24) is 10.3 Å². The smallest absolute Gasteiger partial charge is 0.410 e. The Hall–Kier alpha value is -5.25. The minimum absolute atomic E-state index is 0.0214. The van der Waals surface area contributed by atoms with Gasteiger partial charge in [-0.3, -0.25) is 10.4 Å². The maximum absolute atomic E-state index is 13.5. The van der Waals surface area contributed by atoms with Crippen LogP contribution in [0, 0.1) is 5.92 Å². The van der Waals surface area contributed by atoms with Crippen LogP contribution in [0.3, 0.4) is 0 Å². The van der Waals surface area contributed by atoms with Crippen LogP contribution in [0.4, 0.5) is 4.79 Å². The molecule has 302 valence electrons. The molecule has 5 aromatic carbocycles. The maximum atomic E-state index is 13.5. The van der Waals surface area contributed by atoms with E-state index in [0.717, 1.165) is 50.3 Å². The van der Waals surface area contributed by atoms with Crippen LogP contribution in [0.15, 0.2) is 109 Å². The molecule has 0 bridgehead atoms. The second kappa shape index (κ2) is 20.8. The quantitative estimate of drug-likeness (QED) is 0.0571. The third-order valence-corrected chi connectivity index (χ3v) is 9.97. The number of benzene rings is 5. The number of aliphatic hydroxyl groups excluding tert-OH is 1. The molecule has 6 rings (SSSR count). The topological polar surface area (TPSA) is 149 Å². The number of rotatable bonds is 19. The Bertz CT molecular complexity index is 2010. The van der Waals surface area contributed by atoms with Gasteiger partial charge in [-0.1, -0.05) is 78.9 Å². The normalized spacial score (nSPS) is 16.8. The maximum Gasteiger partial charge on any atom is 0.410 e. The highest BCUT2D eigenvalue weighted by molar-refractivity contribution is 5.89. The molecule has 0 spiro atoms. The first-order chi connectivity index (χ1) is 27.8. The Balaban J connectivity index is 1.11. The molecule has 13 nitrogen and oxygen atoms in total. The molecule has 3 unspecified atom stereocenters. The molecule has 3 atom stereocenters. The van der Waals surface area contributed by atoms with E-state index < -0.39 is 12.2 Å². The molecule has 1 aliphatic heterocycles. The van der Waals surface area contributed by atoms with Crippen LogP contribution in [-0.2, 0) is 45.5 Å². The van der Waals surface area contributed by atoms with Gasteiger partial charge in [-0.25, -0.2) is 9.63 Å². The molecule has 0 aromatic heterocycles. The van der Waals surface area contributed by atoms with Crippen LogP contribution >= 0.6 is 0 Å². The summed E-state index contributed by atoms with van der Waals surface area (Å²) in [5.41, 5.74) is 4.31. The largest absolute Gasteiger partial charge is 0.496 e. The summed E-state index contributed by atoms with van der Waals surface area (Å²) in [6, 6.07) is 34.7. The number of methoxy groups -OCH3 is 2. The van der Waals surface area contributed by atoms with Gasteiger partial charge in [0, 0.05) is 42.4 Å². The van der Waals surface area contributed by atoms with E-state index in [9.17, 15) is 9.90 Å². The number of carbonyl (C=O) groups is 1. The average molecular weight is 783 g/mol. The zero-order chi connectivity index (χ0) is 40.0. The van der Waals surface area contributed by atoms with E-state index in [2.05, 4.69) is 10.9 Å². The minimum Gasteiger partial charge on any atom is -0.496 e. The monoisotopic (exact) mass is 782 g/mol. The van der Waals surface area contributed by atoms with E-state index in [4.69, 9.17) is 38.8 Å². The van der Waals surface area contributed by atoms with Crippen molar-refractivity contribution in [1.29, 1.82) is 0 Å². The summed E-state index contributed by atoms with van der Waals surface area (Å²) < 4.78 is 35.4. The summed E-state index contributed by atoms with van der Waals surface area (Å²) in [6.45, 7) is 2.05. The van der Waals surface area contributed by atoms with Crippen molar-refractivity contribution in [2.75, 3.05) is 47.1 Å². The Morgan fingerprint density at radius 2 is 1.47 bits per heavy atom. The number of amides is 1. The fourth-order valence-electron chi connectivity index (χ4n) is 7.10. The van der Waals surface area contributed by atoms with Crippen molar-refractivity contribution in [3.05, 3.63) is 137 Å². The number of carbonyl (C=O) groups excluding carboxylic acids is 1. The lowest BCUT2D eigenvalue weighted by atomic mass is 9.79. The van der Waals surface area contributed by atoms with Gasteiger partial charge < -0.3 is 38.4 Å². The third kappa shape index (κ3) is 11.4. The van der Waals surface area contributed by atoms with Gasteiger partial charge in [0.25, 0.3) is 0 Å². The van der Waals surface area contributed by atoms with Gasteiger partial charge >= 0.3 is 6.09 Å². The molecule has 1 amide bonds. The van der Waals surface area contributed by atoms with Crippen molar-refractivity contribution >= 4 is 16.9 Å². The number of ether oxygens (including phenoxy) is 6. The van der Waals surface area contributed by atoms with Crippen molar-refractivity contribution in [2.24, 2.45) is 5.92 Å². The van der Waals surface area contributed by atoms with Gasteiger partial charge in [0.15, 0.2) is 0 Å². The van der Waals surface area contributed by atoms with Crippen LogP contribution in [0.2, 0.25) is 0 Å². The van der Waals surface area contributed by atoms with E-state index >= 15 is 0 Å². The number of nitrogens with zero attached hydrogens (tertiary/aromatic N) is 2. The van der Waals surface area contributed by atoms with Gasteiger partial charge in [-0.05, 0) is 58.0 Å². The molecule has 5 aromatic rings. The van der Waals surface area contributed by atoms with Crippen molar-refractivity contribution in [2.45, 2.75) is 44.9 Å². The Morgan fingerprint density at radius 3 is 2.21 bits per heavy atom. The first-order valence-electron chi connectivity index (χ1n) is 18.9. The highest BCUT2D eigenvalue weighted by Crippen LogP contribution is 2.37. The first kappa shape index (κ1) is 41.4. The van der Waals surface area contributed by atoms with E-state index in [-0.39, 0.29) is 56.7 Å². The fourth-order valence-corrected chi connectivity index (χ4v) is 7.10. The second-order valence-electron chi connectivity index (χ2n) is 13.8. The van der Waals surface area contributed by atoms with Gasteiger partial charge in [0.1, 0.15) is 23.9 Å². The first-order valence-corrected chi connectivity index (χ1v) is 18.9. The van der Waals surface area contributed by atoms with E-state index in [1.165, 1.54) is 0 Å². The number of fused-ring (bicyclic) bond motifs is 1. The van der Waals surface area contributed by atoms with E-state index in [1.54, 1.807) is 43.4 Å². The van der Waals surface area contributed by atoms with E-state index in [0.29, 0.717) is 31.8 Å². The van der Waals surface area contributed by atoms with Crippen LogP contribution in [0.1, 0.15) is 40.2 Å². The van der Waals surface area contributed by atoms with Gasteiger partial charge in [-0.2, -0.15) is 0 Å². The highest BCUT2D eigenvalue weighted by atomic mass is 17.1. The lowest BCUT2D eigenvalue weighted by Gasteiger charge is -2.43. The Labute approximate surface area is 332 Å². The number of aliphatic hydroxyl groups is 1. The number of hydrogen-bond donors (Lipinski definition) is 3. The minimum atomic E-state index is -0.521. The average Bonchev–Trinajstić information content (AvgIpc) is 3.25. The highest BCUT2D eigenvalue weighted by Gasteiger charge is 2.40. The zero-order valence-corrected chi connectivity index (χ0v) is 32.2. The Morgan fingerprint density at radius 1 is 0.754 bits per heavy atom. The number of para-hydroxylation sites is 1. The molecule has 1 aliphatic rings. The Kier molecular flexibility index (Phi) is 15.1. The number of hydrogen-bond acceptors (Lipinski definition) is 12. The summed E-state index contributed by atoms with van der Waals surface area (Å²) >= 11 is 0. The standard InChI is InChI=1S/C44H50N2O11/c1-51-40-11-6-4-9-36(40)30-53-20-7-21-54-38-18-16-34(17-19-38)43-37(26-47)24-45(44(48)56-27-31-12-14-32(15-13-31)29-57-46(49)50)25-42(43)55-28-33-22-35-8-3-5-10-39(35)41(23-33)52-2/h3-6,8-19,22-23,37,42-43,47,49-50H,7,20-21,24-30H2,1-2H3. The molecule has 57 heavy (non-hydrogen) atoms. The van der Waals surface area contributed by atoms with Crippen LogP contribution in [-0.4, -0.2) is 85.1 Å².